The lowest BCUT2D eigenvalue weighted by Gasteiger charge is -2.45. The molecule has 3 N–H and O–H groups in total. The van der Waals surface area contributed by atoms with Crippen LogP contribution in [0.3, 0.4) is 0 Å². The van der Waals surface area contributed by atoms with Crippen LogP contribution in [0.5, 0.6) is 0 Å². The zero-order valence-corrected chi connectivity index (χ0v) is 12.5. The Kier molecular flexibility index (Phi) is 3.51. The predicted octanol–water partition coefficient (Wildman–Crippen LogP) is 0.892. The predicted molar refractivity (Wildman–Crippen MR) is 70.6 cm³/mol. The van der Waals surface area contributed by atoms with Crippen molar-refractivity contribution in [2.45, 2.75) is 38.9 Å². The summed E-state index contributed by atoms with van der Waals surface area (Å²) in [5.41, 5.74) is 6.03. The fourth-order valence-electron chi connectivity index (χ4n) is 2.27. The van der Waals surface area contributed by atoms with Crippen LogP contribution in [0.2, 0.25) is 0 Å². The van der Waals surface area contributed by atoms with Gasteiger partial charge in [0.15, 0.2) is 0 Å². The highest BCUT2D eigenvalue weighted by atomic mass is 32.2. The largest absolute Gasteiger partial charge is 0.322 e. The van der Waals surface area contributed by atoms with E-state index in [4.69, 9.17) is 5.73 Å². The van der Waals surface area contributed by atoms with Crippen molar-refractivity contribution in [3.05, 3.63) is 0 Å². The first-order valence-electron chi connectivity index (χ1n) is 5.44. The summed E-state index contributed by atoms with van der Waals surface area (Å²) in [6.07, 6.45) is 3.02. The molecule has 0 aliphatic heterocycles. The zero-order chi connectivity index (χ0) is 12.8. The lowest BCUT2D eigenvalue weighted by atomic mass is 9.67. The van der Waals surface area contributed by atoms with Crippen molar-refractivity contribution in [2.75, 3.05) is 12.8 Å². The first-order chi connectivity index (χ1) is 6.91. The van der Waals surface area contributed by atoms with Crippen molar-refractivity contribution in [3.8, 4) is 0 Å². The van der Waals surface area contributed by atoms with Gasteiger partial charge in [0.05, 0.1) is 6.26 Å². The minimum absolute atomic E-state index is 0.105. The molecular weight excluding hydrogens is 243 g/mol. The molecule has 4 nitrogen and oxygen atoms in total. The van der Waals surface area contributed by atoms with E-state index in [1.165, 1.54) is 6.26 Å². The normalized spacial score (nSPS) is 38.9. The average Bonchev–Trinajstić information content (AvgIpc) is 2.23. The van der Waals surface area contributed by atoms with Crippen molar-refractivity contribution in [2.24, 2.45) is 16.6 Å². The molecule has 0 radical (unpaired) electrons. The quantitative estimate of drug-likeness (QED) is 0.745. The number of nitrogens with two attached hydrogens (primary N) is 1. The molecule has 0 amide bonds. The molecule has 1 aliphatic rings. The van der Waals surface area contributed by atoms with Crippen LogP contribution in [0.25, 0.3) is 0 Å². The molecule has 16 heavy (non-hydrogen) atoms. The van der Waals surface area contributed by atoms with Gasteiger partial charge in [0.25, 0.3) is 0 Å². The van der Waals surface area contributed by atoms with Gasteiger partial charge >= 0.3 is 0 Å². The molecule has 1 rings (SSSR count). The van der Waals surface area contributed by atoms with Gasteiger partial charge in [-0.15, -0.1) is 9.24 Å². The number of nitrogens with one attached hydrogen (secondary N) is 1. The second-order valence-electron chi connectivity index (χ2n) is 5.82. The number of rotatable bonds is 3. The SMILES string of the molecule is CC1(CNS(C)(=O)=O)CCC(N)(P)C1(C)C. The molecular formula is C10H23N2O2PS. The van der Waals surface area contributed by atoms with Crippen LogP contribution in [0, 0.1) is 10.8 Å². The van der Waals surface area contributed by atoms with Crippen LogP contribution in [0.4, 0.5) is 0 Å². The molecule has 1 fully saturated rings. The summed E-state index contributed by atoms with van der Waals surface area (Å²) >= 11 is 0. The molecule has 0 saturated heterocycles. The highest BCUT2D eigenvalue weighted by molar-refractivity contribution is 7.88. The summed E-state index contributed by atoms with van der Waals surface area (Å²) in [6, 6.07) is 0. The third kappa shape index (κ3) is 2.42. The van der Waals surface area contributed by atoms with E-state index in [1.54, 1.807) is 0 Å². The molecule has 0 bridgehead atoms. The summed E-state index contributed by atoms with van der Waals surface area (Å²) in [4.78, 5) is 0. The van der Waals surface area contributed by atoms with Gasteiger partial charge in [0.2, 0.25) is 10.0 Å². The van der Waals surface area contributed by atoms with Gasteiger partial charge in [-0.2, -0.15) is 0 Å². The smallest absolute Gasteiger partial charge is 0.208 e. The number of sulfonamides is 1. The molecule has 3 atom stereocenters. The van der Waals surface area contributed by atoms with Crippen LogP contribution in [0.15, 0.2) is 0 Å². The average molecular weight is 266 g/mol. The molecule has 6 heteroatoms. The summed E-state index contributed by atoms with van der Waals surface area (Å²) in [6.45, 7) is 6.77. The van der Waals surface area contributed by atoms with E-state index >= 15 is 0 Å². The topological polar surface area (TPSA) is 72.2 Å². The van der Waals surface area contributed by atoms with Crippen molar-refractivity contribution in [3.63, 3.8) is 0 Å². The van der Waals surface area contributed by atoms with Gasteiger partial charge in [-0.3, -0.25) is 0 Å². The van der Waals surface area contributed by atoms with E-state index in [0.29, 0.717) is 6.54 Å². The Labute approximate surface area is 101 Å². The minimum atomic E-state index is -3.13. The van der Waals surface area contributed by atoms with Crippen LogP contribution in [-0.4, -0.2) is 26.5 Å². The van der Waals surface area contributed by atoms with Crippen molar-refractivity contribution >= 4 is 19.3 Å². The Bertz CT molecular complexity index is 378. The molecule has 0 aromatic rings. The van der Waals surface area contributed by atoms with E-state index in [1.807, 2.05) is 0 Å². The van der Waals surface area contributed by atoms with Crippen molar-refractivity contribution in [1.29, 1.82) is 0 Å². The van der Waals surface area contributed by atoms with E-state index in [0.717, 1.165) is 12.8 Å². The summed E-state index contributed by atoms with van der Waals surface area (Å²) in [7, 11) is -0.411. The Hall–Kier alpha value is 0.300. The fraction of sp³-hybridized carbons (Fsp3) is 1.00. The maximum Gasteiger partial charge on any atom is 0.208 e. The van der Waals surface area contributed by atoms with E-state index < -0.39 is 10.0 Å². The standard InChI is InChI=1S/C10H23N2O2PS/c1-8(2)9(3,5-6-10(8,11)15)7-12-16(4,13)14/h12H,5-7,11,15H2,1-4H3. The second-order valence-corrected chi connectivity index (χ2v) is 8.68. The maximum absolute atomic E-state index is 11.2. The van der Waals surface area contributed by atoms with Gasteiger partial charge < -0.3 is 5.73 Å². The highest BCUT2D eigenvalue weighted by Crippen LogP contribution is 2.59. The summed E-state index contributed by atoms with van der Waals surface area (Å²) in [5.74, 6) is 0. The van der Waals surface area contributed by atoms with Crippen LogP contribution in [0.1, 0.15) is 33.6 Å². The molecule has 0 heterocycles. The van der Waals surface area contributed by atoms with Gasteiger partial charge in [-0.25, -0.2) is 13.1 Å². The molecule has 0 aromatic heterocycles. The Morgan fingerprint density at radius 1 is 1.31 bits per heavy atom. The lowest BCUT2D eigenvalue weighted by molar-refractivity contribution is 0.111. The van der Waals surface area contributed by atoms with Gasteiger partial charge in [0.1, 0.15) is 0 Å². The van der Waals surface area contributed by atoms with E-state index in [-0.39, 0.29) is 16.1 Å². The molecule has 1 aliphatic carbocycles. The third-order valence-corrected chi connectivity index (χ3v) is 6.17. The summed E-state index contributed by atoms with van der Waals surface area (Å²) in [5, 5.41) is -0.319. The van der Waals surface area contributed by atoms with Crippen LogP contribution >= 0.6 is 9.24 Å². The minimum Gasteiger partial charge on any atom is -0.322 e. The highest BCUT2D eigenvalue weighted by Gasteiger charge is 2.56. The van der Waals surface area contributed by atoms with Crippen molar-refractivity contribution < 1.29 is 8.42 Å². The summed E-state index contributed by atoms with van der Waals surface area (Å²) < 4.78 is 24.9. The Morgan fingerprint density at radius 3 is 2.12 bits per heavy atom. The van der Waals surface area contributed by atoms with Crippen LogP contribution < -0.4 is 10.5 Å². The molecule has 0 aromatic carbocycles. The van der Waals surface area contributed by atoms with Crippen molar-refractivity contribution in [1.82, 2.24) is 4.72 Å². The fourth-order valence-corrected chi connectivity index (χ4v) is 3.34. The first-order valence-corrected chi connectivity index (χ1v) is 7.91. The first kappa shape index (κ1) is 14.4. The monoisotopic (exact) mass is 266 g/mol. The maximum atomic E-state index is 11.2. The lowest BCUT2D eigenvalue weighted by Crippen LogP contribution is -2.52. The van der Waals surface area contributed by atoms with E-state index in [2.05, 4.69) is 34.7 Å². The van der Waals surface area contributed by atoms with Crippen LogP contribution in [-0.2, 0) is 10.0 Å². The van der Waals surface area contributed by atoms with Gasteiger partial charge in [0, 0.05) is 11.8 Å². The zero-order valence-electron chi connectivity index (χ0n) is 10.5. The number of hydrogen-bond donors (Lipinski definition) is 2. The molecule has 0 spiro atoms. The Morgan fingerprint density at radius 2 is 1.81 bits per heavy atom. The molecule has 96 valence electrons. The van der Waals surface area contributed by atoms with Gasteiger partial charge in [-0.1, -0.05) is 20.8 Å². The molecule has 3 unspecified atom stereocenters. The van der Waals surface area contributed by atoms with Gasteiger partial charge in [-0.05, 0) is 23.7 Å². The Balaban J connectivity index is 2.88. The number of hydrogen-bond acceptors (Lipinski definition) is 3. The second kappa shape index (κ2) is 3.91. The third-order valence-electron chi connectivity index (χ3n) is 4.49. The van der Waals surface area contributed by atoms with E-state index in [9.17, 15) is 8.42 Å². The molecule has 1 saturated carbocycles.